The molecule has 0 spiro atoms. The van der Waals surface area contributed by atoms with Crippen molar-refractivity contribution in [1.29, 1.82) is 0 Å². The van der Waals surface area contributed by atoms with Crippen LogP contribution in [0.1, 0.15) is 5.69 Å². The first-order chi connectivity index (χ1) is 12.3. The molecule has 0 unspecified atom stereocenters. The summed E-state index contributed by atoms with van der Waals surface area (Å²) in [7, 11) is 0.842. The highest BCUT2D eigenvalue weighted by Gasteiger charge is 2.43. The Balaban J connectivity index is 2.67. The third-order valence-electron chi connectivity index (χ3n) is 3.13. The molecule has 0 saturated heterocycles. The third-order valence-corrected chi connectivity index (χ3v) is 3.13. The zero-order valence-corrected chi connectivity index (χ0v) is 13.2. The minimum absolute atomic E-state index is 0.0380. The lowest BCUT2D eigenvalue weighted by atomic mass is 10.2. The number of anilines is 2. The fourth-order valence-electron chi connectivity index (χ4n) is 2.12. The number of alkyl halides is 6. The number of amides is 1. The van der Waals surface area contributed by atoms with Crippen molar-refractivity contribution in [3.05, 3.63) is 35.5 Å². The number of hydrogen-bond donors (Lipinski definition) is 0. The number of aryl methyl sites for hydroxylation is 1. The standard InChI is InChI=1S/C14H9F8N3O2/c1-24-12(27-5-13(17,18)19)10(11(23-24)14(20,21)22)25(6-26)9-3-2-7(15)4-8(9)16/h2-4,6H,5H2,1H3. The van der Waals surface area contributed by atoms with Crippen LogP contribution in [0.15, 0.2) is 18.2 Å². The molecule has 0 N–H and O–H groups in total. The molecule has 0 fully saturated rings. The number of hydrogen-bond acceptors (Lipinski definition) is 3. The first-order valence-electron chi connectivity index (χ1n) is 6.88. The summed E-state index contributed by atoms with van der Waals surface area (Å²) in [5, 5.41) is 3.03. The average molecular weight is 403 g/mol. The Hall–Kier alpha value is -2.86. The number of aromatic nitrogens is 2. The zero-order valence-electron chi connectivity index (χ0n) is 13.2. The predicted molar refractivity (Wildman–Crippen MR) is 74.3 cm³/mol. The molecule has 0 radical (unpaired) electrons. The minimum Gasteiger partial charge on any atom is -0.467 e. The molecule has 1 aromatic carbocycles. The van der Waals surface area contributed by atoms with E-state index in [0.29, 0.717) is 16.8 Å². The number of ether oxygens (including phenoxy) is 1. The molecule has 0 bridgehead atoms. The second kappa shape index (κ2) is 7.04. The van der Waals surface area contributed by atoms with Crippen LogP contribution in [-0.4, -0.2) is 29.0 Å². The van der Waals surface area contributed by atoms with Crippen molar-refractivity contribution in [2.45, 2.75) is 12.4 Å². The number of benzene rings is 1. The summed E-state index contributed by atoms with van der Waals surface area (Å²) in [5.74, 6) is -3.60. The van der Waals surface area contributed by atoms with Crippen LogP contribution in [0, 0.1) is 11.6 Å². The van der Waals surface area contributed by atoms with E-state index in [9.17, 15) is 39.9 Å². The molecule has 0 aliphatic carbocycles. The molecular weight excluding hydrogens is 394 g/mol. The number of rotatable bonds is 5. The van der Waals surface area contributed by atoms with Gasteiger partial charge < -0.3 is 4.74 Å². The summed E-state index contributed by atoms with van der Waals surface area (Å²) in [6.07, 6.45) is -10.4. The molecule has 2 aromatic rings. The van der Waals surface area contributed by atoms with E-state index in [4.69, 9.17) is 0 Å². The molecule has 13 heteroatoms. The molecule has 27 heavy (non-hydrogen) atoms. The van der Waals surface area contributed by atoms with Crippen LogP contribution in [-0.2, 0) is 18.0 Å². The SMILES string of the molecule is Cn1nc(C(F)(F)F)c(N(C=O)c2ccc(F)cc2F)c1OCC(F)(F)F. The summed E-state index contributed by atoms with van der Waals surface area (Å²) >= 11 is 0. The Labute approximate surface area is 145 Å². The molecule has 1 heterocycles. The number of nitrogens with zero attached hydrogens (tertiary/aromatic N) is 3. The maximum atomic E-state index is 13.9. The van der Waals surface area contributed by atoms with E-state index in [0.717, 1.165) is 7.05 Å². The smallest absolute Gasteiger partial charge is 0.437 e. The zero-order chi connectivity index (χ0) is 20.6. The first-order valence-corrected chi connectivity index (χ1v) is 6.88. The van der Waals surface area contributed by atoms with Gasteiger partial charge in [-0.25, -0.2) is 13.5 Å². The highest BCUT2D eigenvalue weighted by atomic mass is 19.4. The van der Waals surface area contributed by atoms with Gasteiger partial charge in [0.25, 0.3) is 0 Å². The van der Waals surface area contributed by atoms with Crippen molar-refractivity contribution in [2.24, 2.45) is 7.05 Å². The summed E-state index contributed by atoms with van der Waals surface area (Å²) < 4.78 is 109. The Morgan fingerprint density at radius 2 is 1.81 bits per heavy atom. The largest absolute Gasteiger partial charge is 0.467 e. The van der Waals surface area contributed by atoms with Gasteiger partial charge >= 0.3 is 12.4 Å². The van der Waals surface area contributed by atoms with Gasteiger partial charge in [0.1, 0.15) is 17.3 Å². The molecule has 1 aromatic heterocycles. The van der Waals surface area contributed by atoms with Gasteiger partial charge in [-0.15, -0.1) is 0 Å². The first kappa shape index (κ1) is 20.5. The van der Waals surface area contributed by atoms with E-state index < -0.39 is 53.5 Å². The lowest BCUT2D eigenvalue weighted by molar-refractivity contribution is -0.154. The number of halogens is 8. The summed E-state index contributed by atoms with van der Waals surface area (Å²) in [6, 6.07) is 1.57. The van der Waals surface area contributed by atoms with Gasteiger partial charge in [-0.05, 0) is 12.1 Å². The molecule has 0 saturated carbocycles. The van der Waals surface area contributed by atoms with E-state index in [1.165, 1.54) is 0 Å². The van der Waals surface area contributed by atoms with Gasteiger partial charge in [-0.1, -0.05) is 0 Å². The lowest BCUT2D eigenvalue weighted by Crippen LogP contribution is -2.23. The van der Waals surface area contributed by atoms with Crippen molar-refractivity contribution in [3.63, 3.8) is 0 Å². The van der Waals surface area contributed by atoms with Gasteiger partial charge in [0, 0.05) is 13.1 Å². The van der Waals surface area contributed by atoms with Gasteiger partial charge in [-0.2, -0.15) is 31.4 Å². The topological polar surface area (TPSA) is 47.4 Å². The van der Waals surface area contributed by atoms with Crippen LogP contribution in [0.4, 0.5) is 46.5 Å². The van der Waals surface area contributed by atoms with E-state index in [-0.39, 0.29) is 17.4 Å². The number of carbonyl (C=O) groups is 1. The maximum Gasteiger partial charge on any atom is 0.437 e. The fourth-order valence-corrected chi connectivity index (χ4v) is 2.12. The van der Waals surface area contributed by atoms with Crippen molar-refractivity contribution < 1.29 is 44.7 Å². The summed E-state index contributed by atoms with van der Waals surface area (Å²) in [4.78, 5) is 11.4. The van der Waals surface area contributed by atoms with E-state index >= 15 is 0 Å². The molecule has 0 atom stereocenters. The van der Waals surface area contributed by atoms with Crippen LogP contribution in [0.25, 0.3) is 0 Å². The molecule has 0 aliphatic rings. The van der Waals surface area contributed by atoms with Gasteiger partial charge in [0.05, 0.1) is 5.69 Å². The average Bonchev–Trinajstić information content (AvgIpc) is 2.84. The highest BCUT2D eigenvalue weighted by molar-refractivity contribution is 5.90. The van der Waals surface area contributed by atoms with Gasteiger partial charge in [0.2, 0.25) is 12.3 Å². The predicted octanol–water partition coefficient (Wildman–Crippen LogP) is 3.95. The normalized spacial score (nSPS) is 12.2. The van der Waals surface area contributed by atoms with Crippen molar-refractivity contribution in [2.75, 3.05) is 11.5 Å². The number of carbonyl (C=O) groups excluding carboxylic acids is 1. The monoisotopic (exact) mass is 403 g/mol. The molecule has 5 nitrogen and oxygen atoms in total. The molecule has 1 amide bonds. The van der Waals surface area contributed by atoms with E-state index in [1.54, 1.807) is 0 Å². The van der Waals surface area contributed by atoms with Gasteiger partial charge in [-0.3, -0.25) is 9.69 Å². The second-order valence-corrected chi connectivity index (χ2v) is 5.10. The lowest BCUT2D eigenvalue weighted by Gasteiger charge is -2.21. The van der Waals surface area contributed by atoms with Gasteiger partial charge in [0.15, 0.2) is 12.3 Å². The van der Waals surface area contributed by atoms with Crippen molar-refractivity contribution >= 4 is 17.8 Å². The minimum atomic E-state index is -5.22. The highest BCUT2D eigenvalue weighted by Crippen LogP contribution is 2.44. The van der Waals surface area contributed by atoms with Crippen LogP contribution >= 0.6 is 0 Å². The third kappa shape index (κ3) is 4.46. The molecule has 148 valence electrons. The summed E-state index contributed by atoms with van der Waals surface area (Å²) in [5.41, 5.74) is -3.91. The Bertz CT molecular complexity index is 844. The maximum absolute atomic E-state index is 13.9. The Morgan fingerprint density at radius 3 is 2.30 bits per heavy atom. The van der Waals surface area contributed by atoms with Crippen molar-refractivity contribution in [3.8, 4) is 5.88 Å². The van der Waals surface area contributed by atoms with E-state index in [1.807, 2.05) is 0 Å². The second-order valence-electron chi connectivity index (χ2n) is 5.10. The summed E-state index contributed by atoms with van der Waals surface area (Å²) in [6.45, 7) is -1.99. The Morgan fingerprint density at radius 1 is 1.19 bits per heavy atom. The molecular formula is C14H9F8N3O2. The molecule has 2 rings (SSSR count). The van der Waals surface area contributed by atoms with Crippen LogP contribution in [0.2, 0.25) is 0 Å². The molecule has 0 aliphatic heterocycles. The van der Waals surface area contributed by atoms with Crippen LogP contribution in [0.3, 0.4) is 0 Å². The van der Waals surface area contributed by atoms with E-state index in [2.05, 4.69) is 9.84 Å². The quantitative estimate of drug-likeness (QED) is 0.561. The van der Waals surface area contributed by atoms with Crippen LogP contribution in [0.5, 0.6) is 5.88 Å². The fraction of sp³-hybridized carbons (Fsp3) is 0.286. The Kier molecular flexibility index (Phi) is 5.33. The van der Waals surface area contributed by atoms with Crippen molar-refractivity contribution in [1.82, 2.24) is 9.78 Å². The van der Waals surface area contributed by atoms with Crippen LogP contribution < -0.4 is 9.64 Å².